The summed E-state index contributed by atoms with van der Waals surface area (Å²) < 4.78 is 0. The minimum atomic E-state index is -0.0654. The van der Waals surface area contributed by atoms with E-state index in [4.69, 9.17) is 0 Å². The maximum absolute atomic E-state index is 9.77. The van der Waals surface area contributed by atoms with Gasteiger partial charge >= 0.3 is 0 Å². The van der Waals surface area contributed by atoms with Crippen LogP contribution in [0.1, 0.15) is 0 Å². The lowest BCUT2D eigenvalue weighted by Gasteiger charge is -1.95. The number of nitrogens with one attached hydrogen (secondary N) is 2. The Morgan fingerprint density at radius 1 is 1.18 bits per heavy atom. The second-order valence-corrected chi connectivity index (χ2v) is 3.46. The molecular weight excluding hydrogens is 218 g/mol. The highest BCUT2D eigenvalue weighted by atomic mass is 16.3. The molecule has 3 aromatic rings. The molecule has 84 valence electrons. The van der Waals surface area contributed by atoms with Crippen LogP contribution in [0.3, 0.4) is 0 Å². The number of H-pyrrole nitrogens is 2. The van der Waals surface area contributed by atoms with Gasteiger partial charge in [-0.05, 0) is 12.1 Å². The zero-order valence-electron chi connectivity index (χ0n) is 8.75. The molecule has 6 nitrogen and oxygen atoms in total. The van der Waals surface area contributed by atoms with Crippen molar-refractivity contribution in [2.45, 2.75) is 0 Å². The Hall–Kier alpha value is -2.63. The van der Waals surface area contributed by atoms with Crippen LogP contribution in [-0.2, 0) is 0 Å². The summed E-state index contributed by atoms with van der Waals surface area (Å²) >= 11 is 0. The summed E-state index contributed by atoms with van der Waals surface area (Å²) in [5.74, 6) is 1.01. The Morgan fingerprint density at radius 3 is 2.82 bits per heavy atom. The van der Waals surface area contributed by atoms with Gasteiger partial charge in [0.2, 0.25) is 5.88 Å². The van der Waals surface area contributed by atoms with Gasteiger partial charge in [-0.2, -0.15) is 4.98 Å². The van der Waals surface area contributed by atoms with Gasteiger partial charge in [0.05, 0.1) is 0 Å². The number of aromatic nitrogens is 5. The molecule has 0 atom stereocenters. The van der Waals surface area contributed by atoms with Gasteiger partial charge in [-0.15, -0.1) is 0 Å². The van der Waals surface area contributed by atoms with E-state index in [0.29, 0.717) is 17.3 Å². The summed E-state index contributed by atoms with van der Waals surface area (Å²) in [5.41, 5.74) is 1.31. The molecule has 0 aliphatic heterocycles. The highest BCUT2D eigenvalue weighted by Gasteiger charge is 2.13. The van der Waals surface area contributed by atoms with E-state index in [0.717, 1.165) is 5.56 Å². The summed E-state index contributed by atoms with van der Waals surface area (Å²) in [7, 11) is 0. The van der Waals surface area contributed by atoms with Gasteiger partial charge in [-0.1, -0.05) is 0 Å². The Balaban J connectivity index is 2.08. The number of pyridine rings is 1. The van der Waals surface area contributed by atoms with Crippen molar-refractivity contribution < 1.29 is 5.11 Å². The number of imidazole rings is 2. The first-order valence-corrected chi connectivity index (χ1v) is 5.04. The van der Waals surface area contributed by atoms with Crippen LogP contribution >= 0.6 is 0 Å². The molecule has 17 heavy (non-hydrogen) atoms. The lowest BCUT2D eigenvalue weighted by molar-refractivity contribution is 0.459. The molecule has 0 saturated carbocycles. The average molecular weight is 227 g/mol. The molecule has 0 radical (unpaired) electrons. The van der Waals surface area contributed by atoms with Crippen LogP contribution in [-0.4, -0.2) is 30.0 Å². The first kappa shape index (κ1) is 9.59. The summed E-state index contributed by atoms with van der Waals surface area (Å²) in [6, 6.07) is 3.63. The normalized spacial score (nSPS) is 10.6. The van der Waals surface area contributed by atoms with Crippen LogP contribution in [0.5, 0.6) is 5.88 Å². The van der Waals surface area contributed by atoms with Crippen molar-refractivity contribution in [3.8, 4) is 28.8 Å². The van der Waals surface area contributed by atoms with Crippen molar-refractivity contribution in [2.75, 3.05) is 0 Å². The fourth-order valence-corrected chi connectivity index (χ4v) is 1.58. The van der Waals surface area contributed by atoms with Crippen LogP contribution in [0.25, 0.3) is 22.9 Å². The van der Waals surface area contributed by atoms with Crippen molar-refractivity contribution in [2.24, 2.45) is 0 Å². The minimum Gasteiger partial charge on any atom is -0.492 e. The largest absolute Gasteiger partial charge is 0.492 e. The minimum absolute atomic E-state index is 0.0654. The van der Waals surface area contributed by atoms with Crippen molar-refractivity contribution in [1.29, 1.82) is 0 Å². The first-order chi connectivity index (χ1) is 8.34. The van der Waals surface area contributed by atoms with E-state index in [1.807, 2.05) is 6.07 Å². The van der Waals surface area contributed by atoms with E-state index in [9.17, 15) is 5.11 Å². The predicted molar refractivity (Wildman–Crippen MR) is 61.1 cm³/mol. The van der Waals surface area contributed by atoms with Gasteiger partial charge in [-0.25, -0.2) is 4.98 Å². The van der Waals surface area contributed by atoms with E-state index in [-0.39, 0.29) is 5.88 Å². The Bertz CT molecular complexity index is 615. The van der Waals surface area contributed by atoms with Crippen LogP contribution in [0.4, 0.5) is 0 Å². The molecule has 3 N–H and O–H groups in total. The molecule has 0 unspecified atom stereocenters. The molecule has 0 aliphatic carbocycles. The third kappa shape index (κ3) is 1.65. The van der Waals surface area contributed by atoms with Crippen LogP contribution in [0, 0.1) is 0 Å². The Labute approximate surface area is 96.4 Å². The summed E-state index contributed by atoms with van der Waals surface area (Å²) in [6.45, 7) is 0. The molecule has 0 saturated heterocycles. The molecule has 0 fully saturated rings. The van der Waals surface area contributed by atoms with E-state index in [1.54, 1.807) is 30.9 Å². The zero-order valence-corrected chi connectivity index (χ0v) is 8.75. The fourth-order valence-electron chi connectivity index (χ4n) is 1.58. The van der Waals surface area contributed by atoms with Crippen LogP contribution < -0.4 is 0 Å². The molecule has 3 aromatic heterocycles. The van der Waals surface area contributed by atoms with Gasteiger partial charge in [0, 0.05) is 30.4 Å². The van der Waals surface area contributed by atoms with E-state index in [2.05, 4.69) is 24.9 Å². The van der Waals surface area contributed by atoms with Gasteiger partial charge in [0.15, 0.2) is 11.6 Å². The molecule has 0 aromatic carbocycles. The number of aromatic amines is 2. The molecule has 0 amide bonds. The molecular formula is C11H9N5O. The topological polar surface area (TPSA) is 90.5 Å². The second kappa shape index (κ2) is 3.75. The Morgan fingerprint density at radius 2 is 2.12 bits per heavy atom. The molecule has 3 heterocycles. The average Bonchev–Trinajstić information content (AvgIpc) is 2.99. The van der Waals surface area contributed by atoms with Crippen molar-refractivity contribution in [1.82, 2.24) is 24.9 Å². The Kier molecular flexibility index (Phi) is 2.11. The fraction of sp³-hybridized carbons (Fsp3) is 0. The number of hydrogen-bond acceptors (Lipinski definition) is 4. The molecule has 3 rings (SSSR count). The van der Waals surface area contributed by atoms with Gasteiger partial charge < -0.3 is 15.1 Å². The first-order valence-electron chi connectivity index (χ1n) is 5.04. The van der Waals surface area contributed by atoms with Gasteiger partial charge in [0.1, 0.15) is 5.69 Å². The van der Waals surface area contributed by atoms with Crippen molar-refractivity contribution in [3.05, 3.63) is 36.9 Å². The SMILES string of the molecule is Oc1nc(-c2ncc[nH]2)[nH]c1-c1cccnc1. The van der Waals surface area contributed by atoms with Crippen LogP contribution in [0.15, 0.2) is 36.9 Å². The molecule has 0 bridgehead atoms. The van der Waals surface area contributed by atoms with Gasteiger partial charge in [0.25, 0.3) is 0 Å². The lowest BCUT2D eigenvalue weighted by atomic mass is 10.2. The molecule has 0 spiro atoms. The van der Waals surface area contributed by atoms with E-state index >= 15 is 0 Å². The van der Waals surface area contributed by atoms with E-state index in [1.165, 1.54) is 0 Å². The highest BCUT2D eigenvalue weighted by molar-refractivity contribution is 5.66. The number of nitrogens with zero attached hydrogens (tertiary/aromatic N) is 3. The third-order valence-corrected chi connectivity index (χ3v) is 2.36. The highest BCUT2D eigenvalue weighted by Crippen LogP contribution is 2.28. The number of rotatable bonds is 2. The standard InChI is InChI=1S/C11H9N5O/c17-11-8(7-2-1-3-12-6-7)15-10(16-11)9-13-4-5-14-9/h1-6,17H,(H,13,14)(H,15,16). The summed E-state index contributed by atoms with van der Waals surface area (Å²) in [6.07, 6.45) is 6.64. The summed E-state index contributed by atoms with van der Waals surface area (Å²) in [4.78, 5) is 18.0. The quantitative estimate of drug-likeness (QED) is 0.619. The number of hydrogen-bond donors (Lipinski definition) is 3. The van der Waals surface area contributed by atoms with Gasteiger partial charge in [-0.3, -0.25) is 4.98 Å². The molecule has 0 aliphatic rings. The molecule has 6 heteroatoms. The van der Waals surface area contributed by atoms with Crippen LogP contribution in [0.2, 0.25) is 0 Å². The predicted octanol–water partition coefficient (Wildman–Crippen LogP) is 1.57. The third-order valence-electron chi connectivity index (χ3n) is 2.36. The summed E-state index contributed by atoms with van der Waals surface area (Å²) in [5, 5.41) is 9.77. The zero-order chi connectivity index (χ0) is 11.7. The lowest BCUT2D eigenvalue weighted by Crippen LogP contribution is -1.83. The second-order valence-electron chi connectivity index (χ2n) is 3.46. The maximum Gasteiger partial charge on any atom is 0.238 e. The number of aromatic hydroxyl groups is 1. The maximum atomic E-state index is 9.77. The van der Waals surface area contributed by atoms with Crippen molar-refractivity contribution in [3.63, 3.8) is 0 Å². The van der Waals surface area contributed by atoms with E-state index < -0.39 is 0 Å². The van der Waals surface area contributed by atoms with Crippen molar-refractivity contribution >= 4 is 0 Å². The monoisotopic (exact) mass is 227 g/mol. The smallest absolute Gasteiger partial charge is 0.238 e.